The average molecular weight is 264 g/mol. The molecule has 0 radical (unpaired) electrons. The second kappa shape index (κ2) is 5.60. The molecule has 1 fully saturated rings. The van der Waals surface area contributed by atoms with Crippen LogP contribution in [-0.4, -0.2) is 43.2 Å². The Morgan fingerprint density at radius 2 is 2.26 bits per heavy atom. The molecule has 2 amide bonds. The van der Waals surface area contributed by atoms with E-state index in [1.165, 1.54) is 11.9 Å². The highest BCUT2D eigenvalue weighted by Crippen LogP contribution is 2.24. The molecule has 2 rings (SSSR count). The number of ether oxygens (including phenoxy) is 2. The van der Waals surface area contributed by atoms with Crippen LogP contribution in [0.3, 0.4) is 0 Å². The Bertz CT molecular complexity index is 489. The number of cyclic esters (lactones) is 1. The van der Waals surface area contributed by atoms with Gasteiger partial charge in [-0.1, -0.05) is 12.1 Å². The van der Waals surface area contributed by atoms with Crippen LogP contribution < -0.4 is 10.1 Å². The number of para-hydroxylation sites is 2. The predicted octanol–water partition coefficient (Wildman–Crippen LogP) is 1.47. The van der Waals surface area contributed by atoms with Gasteiger partial charge in [-0.25, -0.2) is 4.79 Å². The van der Waals surface area contributed by atoms with Crippen LogP contribution in [0.1, 0.15) is 6.92 Å². The van der Waals surface area contributed by atoms with E-state index in [1.807, 2.05) is 13.0 Å². The third-order valence-electron chi connectivity index (χ3n) is 2.87. The molecule has 1 aliphatic heterocycles. The summed E-state index contributed by atoms with van der Waals surface area (Å²) >= 11 is 0. The lowest BCUT2D eigenvalue weighted by Crippen LogP contribution is -2.40. The van der Waals surface area contributed by atoms with Gasteiger partial charge in [-0.3, -0.25) is 9.69 Å². The fraction of sp³-hybridized carbons (Fsp3) is 0.385. The highest BCUT2D eigenvalue weighted by atomic mass is 16.6. The zero-order chi connectivity index (χ0) is 13.8. The third kappa shape index (κ3) is 2.78. The lowest BCUT2D eigenvalue weighted by atomic mass is 10.2. The molecule has 1 saturated heterocycles. The number of nitrogens with one attached hydrogen (secondary N) is 1. The number of rotatable bonds is 4. The lowest BCUT2D eigenvalue weighted by molar-refractivity contribution is -0.119. The molecule has 6 nitrogen and oxygen atoms in total. The first kappa shape index (κ1) is 13.2. The average Bonchev–Trinajstić information content (AvgIpc) is 2.73. The Morgan fingerprint density at radius 3 is 2.89 bits per heavy atom. The molecule has 1 N–H and O–H groups in total. The second-order valence-corrected chi connectivity index (χ2v) is 4.12. The molecular weight excluding hydrogens is 248 g/mol. The highest BCUT2D eigenvalue weighted by molar-refractivity contribution is 5.98. The quantitative estimate of drug-likeness (QED) is 0.894. The second-order valence-electron chi connectivity index (χ2n) is 4.12. The summed E-state index contributed by atoms with van der Waals surface area (Å²) < 4.78 is 10.2. The van der Waals surface area contributed by atoms with E-state index in [4.69, 9.17) is 9.47 Å². The minimum atomic E-state index is -0.609. The third-order valence-corrected chi connectivity index (χ3v) is 2.87. The van der Waals surface area contributed by atoms with Crippen molar-refractivity contribution in [3.63, 3.8) is 0 Å². The molecule has 0 saturated carbocycles. The van der Waals surface area contributed by atoms with E-state index in [0.29, 0.717) is 18.0 Å². The fourth-order valence-corrected chi connectivity index (χ4v) is 1.81. The lowest BCUT2D eigenvalue weighted by Gasteiger charge is -2.17. The molecule has 1 heterocycles. The van der Waals surface area contributed by atoms with Gasteiger partial charge < -0.3 is 14.8 Å². The van der Waals surface area contributed by atoms with E-state index in [-0.39, 0.29) is 12.5 Å². The largest absolute Gasteiger partial charge is 0.492 e. The topological polar surface area (TPSA) is 67.9 Å². The summed E-state index contributed by atoms with van der Waals surface area (Å²) in [6.45, 7) is 2.45. The van der Waals surface area contributed by atoms with Gasteiger partial charge in [-0.15, -0.1) is 0 Å². The standard InChI is InChI=1S/C13H16N2O4/c1-3-18-11-7-5-4-6-9(11)14-12(16)10-8-19-13(17)15(10)2/h4-7,10H,3,8H2,1-2H3,(H,14,16). The van der Waals surface area contributed by atoms with Gasteiger partial charge in [0.1, 0.15) is 18.4 Å². The molecule has 1 aromatic carbocycles. The van der Waals surface area contributed by atoms with Crippen LogP contribution in [0.25, 0.3) is 0 Å². The van der Waals surface area contributed by atoms with Crippen LogP contribution in [0.2, 0.25) is 0 Å². The van der Waals surface area contributed by atoms with Gasteiger partial charge in [0.2, 0.25) is 0 Å². The molecule has 1 atom stereocenters. The van der Waals surface area contributed by atoms with Crippen LogP contribution >= 0.6 is 0 Å². The van der Waals surface area contributed by atoms with Gasteiger partial charge in [0.25, 0.3) is 5.91 Å². The van der Waals surface area contributed by atoms with Gasteiger partial charge in [-0.2, -0.15) is 0 Å². The number of nitrogens with zero attached hydrogens (tertiary/aromatic N) is 1. The highest BCUT2D eigenvalue weighted by Gasteiger charge is 2.35. The van der Waals surface area contributed by atoms with Crippen molar-refractivity contribution in [1.82, 2.24) is 4.90 Å². The fourth-order valence-electron chi connectivity index (χ4n) is 1.81. The first-order valence-electron chi connectivity index (χ1n) is 6.05. The van der Waals surface area contributed by atoms with Crippen LogP contribution in [0.4, 0.5) is 10.5 Å². The summed E-state index contributed by atoms with van der Waals surface area (Å²) in [7, 11) is 1.54. The summed E-state index contributed by atoms with van der Waals surface area (Å²) in [5.74, 6) is 0.312. The van der Waals surface area contributed by atoms with E-state index in [9.17, 15) is 9.59 Å². The van der Waals surface area contributed by atoms with E-state index in [0.717, 1.165) is 0 Å². The zero-order valence-electron chi connectivity index (χ0n) is 10.9. The van der Waals surface area contributed by atoms with Crippen molar-refractivity contribution >= 4 is 17.7 Å². The number of carbonyl (C=O) groups is 2. The molecule has 0 spiro atoms. The van der Waals surface area contributed by atoms with E-state index < -0.39 is 12.1 Å². The molecular formula is C13H16N2O4. The minimum Gasteiger partial charge on any atom is -0.492 e. The normalized spacial score (nSPS) is 18.1. The van der Waals surface area contributed by atoms with Crippen LogP contribution in [0.15, 0.2) is 24.3 Å². The molecule has 0 aliphatic carbocycles. The van der Waals surface area contributed by atoms with E-state index >= 15 is 0 Å². The monoisotopic (exact) mass is 264 g/mol. The Labute approximate surface area is 111 Å². The zero-order valence-corrected chi connectivity index (χ0v) is 10.9. The Morgan fingerprint density at radius 1 is 1.53 bits per heavy atom. The van der Waals surface area contributed by atoms with Crippen LogP contribution in [-0.2, 0) is 9.53 Å². The Kier molecular flexibility index (Phi) is 3.89. The van der Waals surface area contributed by atoms with Crippen molar-refractivity contribution in [3.8, 4) is 5.75 Å². The number of benzene rings is 1. The first-order chi connectivity index (χ1) is 9.13. The minimum absolute atomic E-state index is 0.0674. The van der Waals surface area contributed by atoms with Crippen molar-refractivity contribution in [2.45, 2.75) is 13.0 Å². The summed E-state index contributed by atoms with van der Waals surface area (Å²) in [6.07, 6.45) is -0.488. The summed E-state index contributed by atoms with van der Waals surface area (Å²) in [6, 6.07) is 6.55. The molecule has 1 aliphatic rings. The van der Waals surface area contributed by atoms with Crippen molar-refractivity contribution in [2.75, 3.05) is 25.6 Å². The van der Waals surface area contributed by atoms with Gasteiger partial charge in [0.05, 0.1) is 12.3 Å². The van der Waals surface area contributed by atoms with Gasteiger partial charge in [0, 0.05) is 7.05 Å². The van der Waals surface area contributed by atoms with Crippen LogP contribution in [0, 0.1) is 0 Å². The Balaban J connectivity index is 2.09. The molecule has 6 heteroatoms. The van der Waals surface area contributed by atoms with Crippen molar-refractivity contribution in [1.29, 1.82) is 0 Å². The number of anilines is 1. The maximum absolute atomic E-state index is 12.1. The number of likely N-dealkylation sites (N-methyl/N-ethyl adjacent to an activating group) is 1. The molecule has 1 aromatic rings. The molecule has 0 aromatic heterocycles. The number of carbonyl (C=O) groups excluding carboxylic acids is 2. The maximum atomic E-state index is 12.1. The summed E-state index contributed by atoms with van der Waals surface area (Å²) in [5, 5.41) is 2.75. The smallest absolute Gasteiger partial charge is 0.410 e. The molecule has 102 valence electrons. The summed E-state index contributed by atoms with van der Waals surface area (Å²) in [5.41, 5.74) is 0.585. The van der Waals surface area contributed by atoms with Crippen molar-refractivity contribution in [3.05, 3.63) is 24.3 Å². The predicted molar refractivity (Wildman–Crippen MR) is 69.1 cm³/mol. The summed E-state index contributed by atoms with van der Waals surface area (Å²) in [4.78, 5) is 24.6. The van der Waals surface area contributed by atoms with E-state index in [2.05, 4.69) is 5.32 Å². The number of hydrogen-bond donors (Lipinski definition) is 1. The molecule has 19 heavy (non-hydrogen) atoms. The molecule has 1 unspecified atom stereocenters. The Hall–Kier alpha value is -2.24. The maximum Gasteiger partial charge on any atom is 0.410 e. The van der Waals surface area contributed by atoms with Gasteiger partial charge in [0.15, 0.2) is 0 Å². The van der Waals surface area contributed by atoms with Gasteiger partial charge in [-0.05, 0) is 19.1 Å². The van der Waals surface area contributed by atoms with Crippen molar-refractivity contribution in [2.24, 2.45) is 0 Å². The number of hydrogen-bond acceptors (Lipinski definition) is 4. The van der Waals surface area contributed by atoms with Crippen LogP contribution in [0.5, 0.6) is 5.75 Å². The number of amides is 2. The van der Waals surface area contributed by atoms with Gasteiger partial charge >= 0.3 is 6.09 Å². The van der Waals surface area contributed by atoms with E-state index in [1.54, 1.807) is 18.2 Å². The SMILES string of the molecule is CCOc1ccccc1NC(=O)C1COC(=O)N1C. The van der Waals surface area contributed by atoms with Crippen molar-refractivity contribution < 1.29 is 19.1 Å². The molecule has 0 bridgehead atoms. The first-order valence-corrected chi connectivity index (χ1v) is 6.05.